The molecule has 0 aromatic rings. The van der Waals surface area contributed by atoms with Crippen LogP contribution < -0.4 is 0 Å². The van der Waals surface area contributed by atoms with E-state index in [1.807, 2.05) is 0 Å². The molecule has 0 amide bonds. The molecule has 0 saturated heterocycles. The molecule has 164 valence electrons. The summed E-state index contributed by atoms with van der Waals surface area (Å²) in [5, 5.41) is 36.1. The normalized spacial score (nSPS) is 13.8. The Balaban J connectivity index is 4.48. The summed E-state index contributed by atoms with van der Waals surface area (Å²) in [5.74, 6) is 0. The summed E-state index contributed by atoms with van der Waals surface area (Å²) in [6.07, 6.45) is 1.66. The van der Waals surface area contributed by atoms with E-state index in [1.165, 1.54) is 0 Å². The van der Waals surface area contributed by atoms with E-state index in [9.17, 15) is 0 Å². The monoisotopic (exact) mass is 442 g/mol. The molecule has 0 atom stereocenters. The fraction of sp³-hybridized carbons (Fsp3) is 1.00. The lowest BCUT2D eigenvalue weighted by Crippen LogP contribution is -2.52. The molecule has 11 heteroatoms. The van der Waals surface area contributed by atoms with Crippen LogP contribution in [0.25, 0.3) is 0 Å². The molecule has 0 bridgehead atoms. The molecule has 0 aliphatic carbocycles. The van der Waals surface area contributed by atoms with Crippen LogP contribution in [0.1, 0.15) is 12.8 Å². The molecular weight excluding hydrogens is 400 g/mol. The van der Waals surface area contributed by atoms with Gasteiger partial charge in [-0.1, -0.05) is 5.23 Å². The van der Waals surface area contributed by atoms with Gasteiger partial charge in [0.05, 0.1) is 19.8 Å². The van der Waals surface area contributed by atoms with Gasteiger partial charge >= 0.3 is 8.56 Å². The average molecular weight is 443 g/mol. The van der Waals surface area contributed by atoms with Crippen molar-refractivity contribution < 1.29 is 28.9 Å². The average Bonchev–Trinajstić information content (AvgIpc) is 2.44. The van der Waals surface area contributed by atoms with Crippen LogP contribution in [0.2, 0.25) is 51.4 Å². The lowest BCUT2D eigenvalue weighted by molar-refractivity contribution is -0.306. The first kappa shape index (κ1) is 27.3. The minimum Gasteiger partial charge on any atom is -0.437 e. The van der Waals surface area contributed by atoms with Gasteiger partial charge in [-0.05, 0) is 70.8 Å². The third-order valence-corrected chi connectivity index (χ3v) is 15.7. The molecule has 0 fully saturated rings. The number of hydroxylamine groups is 2. The van der Waals surface area contributed by atoms with E-state index in [4.69, 9.17) is 28.9 Å². The maximum atomic E-state index is 9.10. The highest BCUT2D eigenvalue weighted by Gasteiger charge is 2.39. The molecule has 0 radical (unpaired) electrons. The lowest BCUT2D eigenvalue weighted by atomic mass is 10.4. The number of hydrogen-bond donors (Lipinski definition) is 4. The van der Waals surface area contributed by atoms with Gasteiger partial charge in [0, 0.05) is 13.1 Å². The van der Waals surface area contributed by atoms with Crippen molar-refractivity contribution in [3.63, 3.8) is 0 Å². The Labute approximate surface area is 168 Å². The Morgan fingerprint density at radius 1 is 0.667 bits per heavy atom. The van der Waals surface area contributed by atoms with Crippen LogP contribution >= 0.6 is 0 Å². The molecule has 0 aliphatic rings. The third kappa shape index (κ3) is 14.9. The van der Waals surface area contributed by atoms with Crippen molar-refractivity contribution in [2.45, 2.75) is 64.2 Å². The van der Waals surface area contributed by atoms with Crippen molar-refractivity contribution in [1.82, 2.24) is 10.1 Å². The Bertz CT molecular complexity index is 394. The smallest absolute Gasteiger partial charge is 0.311 e. The van der Waals surface area contributed by atoms with Gasteiger partial charge in [0.2, 0.25) is 0 Å². The Morgan fingerprint density at radius 2 is 1.07 bits per heavy atom. The molecule has 27 heavy (non-hydrogen) atoms. The number of hydrogen-bond acceptors (Lipinski definition) is 8. The summed E-state index contributed by atoms with van der Waals surface area (Å²) >= 11 is 0. The summed E-state index contributed by atoms with van der Waals surface area (Å²) in [6, 6.07) is 1.86. The molecule has 0 aliphatic heterocycles. The molecule has 0 heterocycles. The third-order valence-electron chi connectivity index (χ3n) is 4.27. The maximum Gasteiger partial charge on any atom is 0.311 e. The van der Waals surface area contributed by atoms with Gasteiger partial charge in [0.25, 0.3) is 0 Å². The van der Waals surface area contributed by atoms with Crippen LogP contribution in [0, 0.1) is 0 Å². The van der Waals surface area contributed by atoms with Crippen LogP contribution in [-0.4, -0.2) is 95.3 Å². The highest BCUT2D eigenvalue weighted by atomic mass is 28.5. The van der Waals surface area contributed by atoms with Crippen molar-refractivity contribution in [1.29, 1.82) is 0 Å². The summed E-state index contributed by atoms with van der Waals surface area (Å²) < 4.78 is 13.0. The van der Waals surface area contributed by atoms with Crippen LogP contribution in [0.4, 0.5) is 0 Å². The van der Waals surface area contributed by atoms with Crippen molar-refractivity contribution in [2.24, 2.45) is 0 Å². The SMILES string of the molecule is C[Si](C)(CCCN(O)O)O[Si](C)(C)O[Si](C)(C)CCCN(CCO)CCO. The van der Waals surface area contributed by atoms with Crippen molar-refractivity contribution in [2.75, 3.05) is 39.4 Å². The highest BCUT2D eigenvalue weighted by Crippen LogP contribution is 2.26. The molecule has 4 N–H and O–H groups in total. The van der Waals surface area contributed by atoms with E-state index in [-0.39, 0.29) is 25.0 Å². The van der Waals surface area contributed by atoms with Crippen LogP contribution in [0.5, 0.6) is 0 Å². The molecule has 8 nitrogen and oxygen atoms in total. The minimum absolute atomic E-state index is 0.106. The zero-order chi connectivity index (χ0) is 21.1. The van der Waals surface area contributed by atoms with Gasteiger partial charge in [-0.3, -0.25) is 15.3 Å². The zero-order valence-electron chi connectivity index (χ0n) is 18.1. The topological polar surface area (TPSA) is 106 Å². The van der Waals surface area contributed by atoms with Crippen molar-refractivity contribution >= 4 is 25.2 Å². The lowest BCUT2D eigenvalue weighted by Gasteiger charge is -2.39. The van der Waals surface area contributed by atoms with Gasteiger partial charge in [0.15, 0.2) is 16.6 Å². The van der Waals surface area contributed by atoms with E-state index in [0.29, 0.717) is 19.5 Å². The first-order chi connectivity index (χ1) is 12.3. The van der Waals surface area contributed by atoms with Crippen molar-refractivity contribution in [3.8, 4) is 0 Å². The van der Waals surface area contributed by atoms with E-state index < -0.39 is 25.2 Å². The Kier molecular flexibility index (Phi) is 13.0. The molecule has 0 aromatic carbocycles. The van der Waals surface area contributed by atoms with Gasteiger partial charge in [-0.15, -0.1) is 0 Å². The fourth-order valence-corrected chi connectivity index (χ4v) is 17.5. The Hall–Kier alpha value is 0.331. The van der Waals surface area contributed by atoms with Crippen LogP contribution in [-0.2, 0) is 8.23 Å². The first-order valence-corrected chi connectivity index (χ1v) is 18.9. The first-order valence-electron chi connectivity index (χ1n) is 9.82. The molecule has 0 spiro atoms. The molecular formula is C16H42N2O6Si3. The van der Waals surface area contributed by atoms with Gasteiger partial charge in [0.1, 0.15) is 0 Å². The summed E-state index contributed by atoms with van der Waals surface area (Å²) in [4.78, 5) is 2.07. The highest BCUT2D eigenvalue weighted by molar-refractivity contribution is 6.87. The molecule has 0 saturated carbocycles. The number of aliphatic hydroxyl groups excluding tert-OH is 2. The van der Waals surface area contributed by atoms with E-state index in [2.05, 4.69) is 44.2 Å². The largest absolute Gasteiger partial charge is 0.437 e. The second-order valence-corrected chi connectivity index (χ2v) is 21.2. The number of nitrogens with zero attached hydrogens (tertiary/aromatic N) is 2. The summed E-state index contributed by atoms with van der Waals surface area (Å²) in [6.45, 7) is 15.4. The quantitative estimate of drug-likeness (QED) is 0.213. The van der Waals surface area contributed by atoms with Gasteiger partial charge < -0.3 is 18.4 Å². The maximum absolute atomic E-state index is 9.10. The number of rotatable bonds is 16. The van der Waals surface area contributed by atoms with E-state index >= 15 is 0 Å². The predicted octanol–water partition coefficient (Wildman–Crippen LogP) is 2.28. The molecule has 0 rings (SSSR count). The van der Waals surface area contributed by atoms with E-state index in [1.54, 1.807) is 0 Å². The number of aliphatic hydroxyl groups is 2. The second-order valence-electron chi connectivity index (χ2n) is 8.72. The van der Waals surface area contributed by atoms with Gasteiger partial charge in [-0.2, -0.15) is 0 Å². The second kappa shape index (κ2) is 12.8. The zero-order valence-corrected chi connectivity index (χ0v) is 21.1. The molecule has 0 unspecified atom stereocenters. The fourth-order valence-electron chi connectivity index (χ4n) is 3.45. The van der Waals surface area contributed by atoms with Gasteiger partial charge in [-0.25, -0.2) is 0 Å². The van der Waals surface area contributed by atoms with Crippen LogP contribution in [0.3, 0.4) is 0 Å². The molecule has 0 aromatic heterocycles. The van der Waals surface area contributed by atoms with E-state index in [0.717, 1.165) is 25.1 Å². The minimum atomic E-state index is -2.27. The Morgan fingerprint density at radius 3 is 1.44 bits per heavy atom. The van der Waals surface area contributed by atoms with Crippen molar-refractivity contribution in [3.05, 3.63) is 0 Å². The summed E-state index contributed by atoms with van der Waals surface area (Å²) in [7, 11) is -6.08. The predicted molar refractivity (Wildman–Crippen MR) is 114 cm³/mol. The summed E-state index contributed by atoms with van der Waals surface area (Å²) in [5.41, 5.74) is 0. The standard InChI is InChI=1S/C16H42N2O6Si3/c1-25(2,15-7-9-17(11-13-19)12-14-20)23-27(5,6)24-26(3,4)16-8-10-18(21)22/h19-22H,7-16H2,1-6H3. The van der Waals surface area contributed by atoms with Crippen LogP contribution in [0.15, 0.2) is 0 Å².